The third kappa shape index (κ3) is 3.99. The number of rotatable bonds is 3. The van der Waals surface area contributed by atoms with Crippen LogP contribution in [-0.4, -0.2) is 73.9 Å². The summed E-state index contributed by atoms with van der Waals surface area (Å²) in [7, 11) is 1.06. The smallest absolute Gasteiger partial charge is 0.373 e. The number of hydrogen-bond donors (Lipinski definition) is 1. The van der Waals surface area contributed by atoms with Gasteiger partial charge in [0, 0.05) is 32.4 Å². The summed E-state index contributed by atoms with van der Waals surface area (Å²) in [6.07, 6.45) is -11.5. The van der Waals surface area contributed by atoms with Gasteiger partial charge in [-0.1, -0.05) is 6.92 Å². The van der Waals surface area contributed by atoms with Crippen molar-refractivity contribution in [3.8, 4) is 0 Å². The van der Waals surface area contributed by atoms with Crippen LogP contribution in [0.15, 0.2) is 0 Å². The average Bonchev–Trinajstić information content (AvgIpc) is 1.99. The summed E-state index contributed by atoms with van der Waals surface area (Å²) in [5.74, 6) is 0. The zero-order valence-electron chi connectivity index (χ0n) is 8.65. The molecule has 3 radical (unpaired) electrons. The third-order valence-corrected chi connectivity index (χ3v) is 1.98. The molecular formula is C7H11F6InNO. The van der Waals surface area contributed by atoms with Crippen LogP contribution in [0.3, 0.4) is 0 Å². The molecule has 0 unspecified atom stereocenters. The van der Waals surface area contributed by atoms with Crippen LogP contribution in [-0.2, 0) is 0 Å². The largest absolute Gasteiger partial charge is 0.427 e. The van der Waals surface area contributed by atoms with Crippen LogP contribution in [0.5, 0.6) is 0 Å². The molecule has 0 amide bonds. The minimum absolute atomic E-state index is 0. The first kappa shape index (κ1) is 18.7. The zero-order valence-corrected chi connectivity index (χ0v) is 11.9. The maximum atomic E-state index is 12.1. The van der Waals surface area contributed by atoms with Gasteiger partial charge in [-0.3, -0.25) is 0 Å². The molecule has 0 aliphatic heterocycles. The Kier molecular flexibility index (Phi) is 6.80. The molecule has 0 fully saturated rings. The molecule has 0 bridgehead atoms. The number of hydrogen-bond acceptors (Lipinski definition) is 2. The van der Waals surface area contributed by atoms with Gasteiger partial charge in [0.15, 0.2) is 0 Å². The van der Waals surface area contributed by atoms with Crippen LogP contribution >= 0.6 is 0 Å². The van der Waals surface area contributed by atoms with Crippen molar-refractivity contribution >= 4 is 25.8 Å². The number of halogens is 6. The Labute approximate surface area is 107 Å². The fourth-order valence-electron chi connectivity index (χ4n) is 0.842. The molecule has 0 aromatic heterocycles. The van der Waals surface area contributed by atoms with Gasteiger partial charge in [-0.05, 0) is 13.6 Å². The standard InChI is InChI=1S/C7H11F6NO.In/c1-3-14(2)4-5(15,6(8,9)10)7(11,12)13;/h15H,3-4H2,1-2H3;. The molecule has 0 aliphatic rings. The van der Waals surface area contributed by atoms with E-state index in [4.69, 9.17) is 5.11 Å². The number of nitrogens with zero attached hydrogens (tertiary/aromatic N) is 1. The van der Waals surface area contributed by atoms with Gasteiger partial charge < -0.3 is 10.0 Å². The molecule has 0 aromatic rings. The molecule has 0 saturated heterocycles. The molecule has 0 spiro atoms. The van der Waals surface area contributed by atoms with Crippen molar-refractivity contribution in [1.29, 1.82) is 0 Å². The van der Waals surface area contributed by atoms with Gasteiger partial charge in [0.2, 0.25) is 0 Å². The normalized spacial score (nSPS) is 13.9. The van der Waals surface area contributed by atoms with E-state index in [9.17, 15) is 26.3 Å². The SMILES string of the molecule is CCN(C)CC(O)(C(F)(F)F)C(F)(F)F.[In]. The minimum atomic E-state index is -5.74. The van der Waals surface area contributed by atoms with E-state index in [1.807, 2.05) is 0 Å². The average molecular weight is 354 g/mol. The second-order valence-corrected chi connectivity index (χ2v) is 3.19. The van der Waals surface area contributed by atoms with Crippen molar-refractivity contribution in [3.05, 3.63) is 0 Å². The Morgan fingerprint density at radius 2 is 1.31 bits per heavy atom. The van der Waals surface area contributed by atoms with Crippen molar-refractivity contribution in [2.45, 2.75) is 24.9 Å². The van der Waals surface area contributed by atoms with Crippen molar-refractivity contribution in [2.75, 3.05) is 20.1 Å². The molecule has 16 heavy (non-hydrogen) atoms. The summed E-state index contributed by atoms with van der Waals surface area (Å²) in [6.45, 7) is -0.182. The van der Waals surface area contributed by atoms with Gasteiger partial charge in [0.1, 0.15) is 0 Å². The predicted molar refractivity (Wildman–Crippen MR) is 46.0 cm³/mol. The van der Waals surface area contributed by atoms with Crippen LogP contribution < -0.4 is 0 Å². The molecule has 0 rings (SSSR count). The molecule has 95 valence electrons. The molecule has 0 aromatic carbocycles. The van der Waals surface area contributed by atoms with Gasteiger partial charge >= 0.3 is 12.4 Å². The summed E-state index contributed by atoms with van der Waals surface area (Å²) in [4.78, 5) is 0.737. The first-order valence-corrected chi connectivity index (χ1v) is 4.00. The molecule has 1 N–H and O–H groups in total. The third-order valence-electron chi connectivity index (χ3n) is 1.98. The fourth-order valence-corrected chi connectivity index (χ4v) is 0.842. The molecule has 2 nitrogen and oxygen atoms in total. The van der Waals surface area contributed by atoms with Gasteiger partial charge in [-0.15, -0.1) is 0 Å². The first-order chi connectivity index (χ1) is 6.45. The van der Waals surface area contributed by atoms with Crippen LogP contribution in [0.4, 0.5) is 26.3 Å². The van der Waals surface area contributed by atoms with E-state index in [-0.39, 0.29) is 32.4 Å². The zero-order chi connectivity index (χ0) is 12.5. The van der Waals surface area contributed by atoms with Crippen LogP contribution in [0.1, 0.15) is 6.92 Å². The topological polar surface area (TPSA) is 23.5 Å². The van der Waals surface area contributed by atoms with Gasteiger partial charge in [0.05, 0.1) is 0 Å². The summed E-state index contributed by atoms with van der Waals surface area (Å²) >= 11 is 0. The van der Waals surface area contributed by atoms with Crippen molar-refractivity contribution in [3.63, 3.8) is 0 Å². The fraction of sp³-hybridized carbons (Fsp3) is 1.00. The monoisotopic (exact) mass is 354 g/mol. The molecule has 0 saturated carbocycles. The molecule has 0 atom stereocenters. The van der Waals surface area contributed by atoms with E-state index in [2.05, 4.69) is 0 Å². The molecule has 9 heteroatoms. The van der Waals surface area contributed by atoms with Crippen molar-refractivity contribution in [1.82, 2.24) is 4.90 Å². The van der Waals surface area contributed by atoms with Crippen molar-refractivity contribution in [2.24, 2.45) is 0 Å². The predicted octanol–water partition coefficient (Wildman–Crippen LogP) is 1.41. The number of likely N-dealkylation sites (N-methyl/N-ethyl adjacent to an activating group) is 1. The van der Waals surface area contributed by atoms with Crippen LogP contribution in [0, 0.1) is 0 Å². The second kappa shape index (κ2) is 5.81. The minimum Gasteiger partial charge on any atom is -0.373 e. The van der Waals surface area contributed by atoms with E-state index in [0.717, 1.165) is 11.9 Å². The maximum absolute atomic E-state index is 12.1. The number of alkyl halides is 6. The first-order valence-electron chi connectivity index (χ1n) is 4.00. The van der Waals surface area contributed by atoms with Gasteiger partial charge in [-0.2, -0.15) is 26.3 Å². The van der Waals surface area contributed by atoms with E-state index in [0.29, 0.717) is 0 Å². The van der Waals surface area contributed by atoms with Gasteiger partial charge in [-0.25, -0.2) is 0 Å². The summed E-state index contributed by atoms with van der Waals surface area (Å²) in [6, 6.07) is 0. The quantitative estimate of drug-likeness (QED) is 0.775. The Bertz CT molecular complexity index is 202. The van der Waals surface area contributed by atoms with Crippen LogP contribution in [0.25, 0.3) is 0 Å². The molecule has 0 heterocycles. The maximum Gasteiger partial charge on any atom is 0.427 e. The second-order valence-electron chi connectivity index (χ2n) is 3.19. The summed E-state index contributed by atoms with van der Waals surface area (Å²) in [5, 5.41) is 8.69. The summed E-state index contributed by atoms with van der Waals surface area (Å²) in [5.41, 5.74) is -4.68. The molecular weight excluding hydrogens is 343 g/mol. The van der Waals surface area contributed by atoms with Crippen molar-refractivity contribution < 1.29 is 31.4 Å². The van der Waals surface area contributed by atoms with E-state index >= 15 is 0 Å². The number of aliphatic hydroxyl groups is 1. The molecule has 0 aliphatic carbocycles. The Hall–Kier alpha value is 0.370. The summed E-state index contributed by atoms with van der Waals surface area (Å²) < 4.78 is 72.6. The van der Waals surface area contributed by atoms with E-state index in [1.54, 1.807) is 0 Å². The van der Waals surface area contributed by atoms with Crippen LogP contribution in [0.2, 0.25) is 0 Å². The van der Waals surface area contributed by atoms with E-state index < -0.39 is 24.5 Å². The Morgan fingerprint density at radius 3 is 1.50 bits per heavy atom. The Balaban J connectivity index is 0. The van der Waals surface area contributed by atoms with E-state index in [1.165, 1.54) is 6.92 Å². The Morgan fingerprint density at radius 1 is 1.00 bits per heavy atom. The van der Waals surface area contributed by atoms with Gasteiger partial charge in [0.25, 0.3) is 5.60 Å².